The van der Waals surface area contributed by atoms with Gasteiger partial charge in [-0.2, -0.15) is 4.98 Å². The highest BCUT2D eigenvalue weighted by Crippen LogP contribution is 2.39. The number of anilines is 5. The minimum atomic E-state index is -2.58. The number of nitrogens with zero attached hydrogens (tertiary/aromatic N) is 6. The standard InChI is InChI=1S/C55H72ClN10O10PS/c1-36-49(78-35-59-36)38-14-12-37(13-15-38)32-57-52(70)44-31-40(67)34-66(44)53(71)50(55(2,3)4)62-47(68)18-24-74-26-28-76-29-27-75-25-19-48(69)65-22-20-64(21-23-65)39-16-17-42(45(30-39)73-5)61-54-58-33-41(56)51(63-54)60-43-10-8-9-11-46(43)77(6,7)72/h8-17,30,33,35,40,44,50,67H,18-29,31-32,34H2,1-7H3,(H,57,70)(H,62,68)(H2,58,60,61,63). The van der Waals surface area contributed by atoms with Crippen molar-refractivity contribution in [1.29, 1.82) is 0 Å². The van der Waals surface area contributed by atoms with Crippen molar-refractivity contribution in [1.82, 2.24) is 35.4 Å². The number of hydrogen-bond acceptors (Lipinski definition) is 17. The number of halogens is 1. The van der Waals surface area contributed by atoms with Crippen molar-refractivity contribution >= 4 is 87.8 Å². The van der Waals surface area contributed by atoms with Gasteiger partial charge in [0.05, 0.1) is 92.9 Å². The van der Waals surface area contributed by atoms with E-state index in [1.165, 1.54) is 11.1 Å². The molecule has 0 radical (unpaired) electrons. The first kappa shape index (κ1) is 59.5. The molecule has 3 atom stereocenters. The molecule has 0 bridgehead atoms. The summed E-state index contributed by atoms with van der Waals surface area (Å²) in [7, 11) is -0.993. The molecule has 4 heterocycles. The van der Waals surface area contributed by atoms with Crippen LogP contribution in [0.3, 0.4) is 0 Å². The van der Waals surface area contributed by atoms with Crippen LogP contribution in [0.4, 0.5) is 28.8 Å². The van der Waals surface area contributed by atoms with Gasteiger partial charge in [-0.05, 0) is 61.1 Å². The number of aliphatic hydroxyl groups excluding tert-OH is 1. The molecule has 0 spiro atoms. The first-order chi connectivity index (χ1) is 37.3. The van der Waals surface area contributed by atoms with Crippen molar-refractivity contribution in [2.45, 2.75) is 71.7 Å². The van der Waals surface area contributed by atoms with Gasteiger partial charge in [0.15, 0.2) is 5.82 Å². The summed E-state index contributed by atoms with van der Waals surface area (Å²) in [6, 6.07) is 19.2. The Morgan fingerprint density at radius 1 is 0.872 bits per heavy atom. The predicted octanol–water partition coefficient (Wildman–Crippen LogP) is 6.59. The largest absolute Gasteiger partial charge is 0.494 e. The number of ether oxygens (including phenoxy) is 4. The zero-order valence-electron chi connectivity index (χ0n) is 45.4. The summed E-state index contributed by atoms with van der Waals surface area (Å²) < 4.78 is 35.6. The lowest BCUT2D eigenvalue weighted by Crippen LogP contribution is -2.57. The lowest BCUT2D eigenvalue weighted by Gasteiger charge is -2.36. The number of aryl methyl sites for hydroxylation is 1. The number of methoxy groups -OCH3 is 1. The van der Waals surface area contributed by atoms with Crippen LogP contribution in [0.1, 0.15) is 51.3 Å². The molecule has 2 aromatic heterocycles. The van der Waals surface area contributed by atoms with Crippen molar-refractivity contribution in [2.24, 2.45) is 5.41 Å². The maximum atomic E-state index is 14.0. The molecule has 0 aliphatic carbocycles. The van der Waals surface area contributed by atoms with E-state index in [0.29, 0.717) is 72.7 Å². The van der Waals surface area contributed by atoms with E-state index < -0.39 is 36.7 Å². The van der Waals surface area contributed by atoms with Crippen LogP contribution in [0.5, 0.6) is 5.75 Å². The molecule has 5 aromatic rings. The van der Waals surface area contributed by atoms with Crippen molar-refractivity contribution < 1.29 is 47.8 Å². The molecule has 7 rings (SSSR count). The van der Waals surface area contributed by atoms with Crippen LogP contribution >= 0.6 is 30.1 Å². The third kappa shape index (κ3) is 16.4. The van der Waals surface area contributed by atoms with Crippen molar-refractivity contribution in [3.63, 3.8) is 0 Å². The molecule has 2 saturated heterocycles. The number of aliphatic hydroxyl groups is 1. The fourth-order valence-electron chi connectivity index (χ4n) is 9.04. The summed E-state index contributed by atoms with van der Waals surface area (Å²) in [4.78, 5) is 73.3. The van der Waals surface area contributed by atoms with Gasteiger partial charge in [-0.3, -0.25) is 19.2 Å². The summed E-state index contributed by atoms with van der Waals surface area (Å²) in [5.74, 6) is 0.0499. The second kappa shape index (κ2) is 27.6. The van der Waals surface area contributed by atoms with E-state index in [1.54, 1.807) is 31.8 Å². The smallest absolute Gasteiger partial charge is 0.246 e. The van der Waals surface area contributed by atoms with Crippen molar-refractivity contribution in [3.05, 3.63) is 94.7 Å². The van der Waals surface area contributed by atoms with Gasteiger partial charge in [0.1, 0.15) is 30.0 Å². The number of aromatic nitrogens is 3. The third-order valence-electron chi connectivity index (χ3n) is 13.3. The van der Waals surface area contributed by atoms with Crippen LogP contribution in [0.15, 0.2) is 78.4 Å². The Hall–Kier alpha value is -6.19. The number of carbonyl (C=O) groups excluding carboxylic acids is 4. The molecule has 420 valence electrons. The van der Waals surface area contributed by atoms with E-state index >= 15 is 0 Å². The second-order valence-corrected chi connectivity index (χ2v) is 25.0. The number of hydrogen-bond donors (Lipinski definition) is 5. The average Bonchev–Trinajstić information content (AvgIpc) is 4.04. The summed E-state index contributed by atoms with van der Waals surface area (Å²) >= 11 is 8.03. The number of benzene rings is 3. The van der Waals surface area contributed by atoms with Gasteiger partial charge in [0.2, 0.25) is 29.6 Å². The van der Waals surface area contributed by atoms with Crippen LogP contribution < -0.4 is 36.2 Å². The molecule has 2 aliphatic heterocycles. The van der Waals surface area contributed by atoms with Crippen LogP contribution in [0.25, 0.3) is 10.4 Å². The highest BCUT2D eigenvalue weighted by molar-refractivity contribution is 7.70. The fraction of sp³-hybridized carbons (Fsp3) is 0.473. The lowest BCUT2D eigenvalue weighted by atomic mass is 9.85. The van der Waals surface area contributed by atoms with Gasteiger partial charge in [0, 0.05) is 69.2 Å². The number of likely N-dealkylation sites (tertiary alicyclic amines) is 1. The van der Waals surface area contributed by atoms with Crippen LogP contribution in [0, 0.1) is 12.3 Å². The van der Waals surface area contributed by atoms with Crippen LogP contribution in [-0.2, 0) is 44.5 Å². The molecule has 3 unspecified atom stereocenters. The Labute approximate surface area is 465 Å². The maximum absolute atomic E-state index is 14.0. The molecular weight excluding hydrogens is 1060 g/mol. The van der Waals surface area contributed by atoms with Gasteiger partial charge < -0.3 is 64.6 Å². The van der Waals surface area contributed by atoms with Gasteiger partial charge in [-0.15, -0.1) is 11.3 Å². The highest BCUT2D eigenvalue weighted by Gasteiger charge is 2.44. The second-order valence-electron chi connectivity index (χ2n) is 20.5. The molecule has 2 fully saturated rings. The van der Waals surface area contributed by atoms with Gasteiger partial charge >= 0.3 is 0 Å². The fourth-order valence-corrected chi connectivity index (χ4v) is 11.1. The van der Waals surface area contributed by atoms with E-state index in [1.807, 2.05) is 105 Å². The zero-order chi connectivity index (χ0) is 56.0. The van der Waals surface area contributed by atoms with Gasteiger partial charge in [0.25, 0.3) is 0 Å². The van der Waals surface area contributed by atoms with Crippen LogP contribution in [0.2, 0.25) is 5.02 Å². The number of rotatable bonds is 25. The minimum absolute atomic E-state index is 0.00451. The molecule has 20 nitrogen and oxygen atoms in total. The van der Waals surface area contributed by atoms with Crippen molar-refractivity contribution in [2.75, 3.05) is 108 Å². The number of thiazole rings is 1. The van der Waals surface area contributed by atoms with Crippen LogP contribution in [-0.4, -0.2) is 164 Å². The molecular formula is C55H72ClN10O10PS. The summed E-state index contributed by atoms with van der Waals surface area (Å²) in [5.41, 5.74) is 6.25. The summed E-state index contributed by atoms with van der Waals surface area (Å²) in [6.45, 7) is 15.0. The Morgan fingerprint density at radius 3 is 2.21 bits per heavy atom. The number of piperazine rings is 1. The van der Waals surface area contributed by atoms with E-state index in [9.17, 15) is 28.8 Å². The normalized spacial score (nSPS) is 16.2. The topological polar surface area (TPSA) is 239 Å². The predicted molar refractivity (Wildman–Crippen MR) is 304 cm³/mol. The molecule has 23 heteroatoms. The number of β-amino-alcohol motifs (C(OH)–C–C–N with tert-alkyl or cyclic N) is 1. The molecule has 4 amide bonds. The molecule has 2 aliphatic rings. The zero-order valence-corrected chi connectivity index (χ0v) is 47.8. The quantitative estimate of drug-likeness (QED) is 0.0306. The molecule has 5 N–H and O–H groups in total. The minimum Gasteiger partial charge on any atom is -0.494 e. The van der Waals surface area contributed by atoms with Gasteiger partial charge in [-0.25, -0.2) is 9.97 Å². The van der Waals surface area contributed by atoms with E-state index in [-0.39, 0.29) is 82.4 Å². The Kier molecular flexibility index (Phi) is 21.0. The van der Waals surface area contributed by atoms with E-state index in [2.05, 4.69) is 41.1 Å². The number of carbonyl (C=O) groups is 4. The monoisotopic (exact) mass is 1130 g/mol. The molecule has 3 aromatic carbocycles. The first-order valence-corrected chi connectivity index (χ1v) is 29.8. The van der Waals surface area contributed by atoms with Crippen molar-refractivity contribution in [3.8, 4) is 16.2 Å². The maximum Gasteiger partial charge on any atom is 0.246 e. The number of nitrogens with one attached hydrogen (secondary N) is 4. The SMILES string of the molecule is COc1cc(N2CCN(C(=O)CCOCCOCCOCCC(=O)NC(C(=O)N3CC(O)CC3C(=O)NCc3ccc(-c4scnc4C)cc3)C(C)(C)C)CC2)ccc1Nc1ncc(Cl)c(Nc2ccccc2P(C)(C)=O)n1. The number of amides is 4. The summed E-state index contributed by atoms with van der Waals surface area (Å²) in [5, 5.41) is 23.8. The van der Waals surface area contributed by atoms with E-state index in [0.717, 1.165) is 27.4 Å². The third-order valence-corrected chi connectivity index (χ3v) is 16.1. The Morgan fingerprint density at radius 2 is 1.55 bits per heavy atom. The van der Waals surface area contributed by atoms with E-state index in [4.69, 9.17) is 30.5 Å². The average molecular weight is 1130 g/mol. The summed E-state index contributed by atoms with van der Waals surface area (Å²) in [6.07, 6.45) is 0.960. The Balaban J connectivity index is 0.747. The lowest BCUT2D eigenvalue weighted by molar-refractivity contribution is -0.144. The van der Waals surface area contributed by atoms with Gasteiger partial charge in [-0.1, -0.05) is 68.8 Å². The highest BCUT2D eigenvalue weighted by atomic mass is 35.5. The first-order valence-electron chi connectivity index (χ1n) is 26.0. The molecule has 78 heavy (non-hydrogen) atoms. The number of para-hydroxylation sites is 1. The Bertz CT molecular complexity index is 2890. The molecule has 0 saturated carbocycles.